The van der Waals surface area contributed by atoms with Gasteiger partial charge in [-0.1, -0.05) is 17.3 Å². The maximum Gasteiger partial charge on any atom is 0.144 e. The fourth-order valence-corrected chi connectivity index (χ4v) is 2.83. The normalized spacial score (nSPS) is 14.8. The Kier molecular flexibility index (Phi) is 3.38. The average molecular weight is 307 g/mol. The van der Waals surface area contributed by atoms with Crippen molar-refractivity contribution >= 4 is 16.6 Å². The number of rotatable bonds is 4. The molecule has 0 aliphatic carbocycles. The molecule has 3 aromatic rings. The van der Waals surface area contributed by atoms with E-state index in [2.05, 4.69) is 26.7 Å². The number of hydrogen-bond donors (Lipinski definition) is 1. The standard InChI is InChI=1S/C17H17N5O/c1-22-16(10-20-21-22)11-2-3-12-9-19-15(5-13(12)4-11)6-17(23)14-7-18-8-14/h2-5,9-10,14,18H,6-8H2,1H3. The van der Waals surface area contributed by atoms with Crippen LogP contribution in [0.4, 0.5) is 0 Å². The van der Waals surface area contributed by atoms with Crippen LogP contribution in [-0.2, 0) is 18.3 Å². The molecule has 1 N–H and O–H groups in total. The molecule has 0 amide bonds. The molecule has 0 bridgehead atoms. The van der Waals surface area contributed by atoms with Crippen LogP contribution in [0.3, 0.4) is 0 Å². The molecule has 1 aliphatic rings. The molecule has 23 heavy (non-hydrogen) atoms. The fourth-order valence-electron chi connectivity index (χ4n) is 2.83. The number of ketones is 1. The number of nitrogens with zero attached hydrogens (tertiary/aromatic N) is 4. The van der Waals surface area contributed by atoms with Crippen molar-refractivity contribution in [2.45, 2.75) is 6.42 Å². The van der Waals surface area contributed by atoms with Crippen LogP contribution in [0.25, 0.3) is 22.0 Å². The number of carbonyl (C=O) groups excluding carboxylic acids is 1. The lowest BCUT2D eigenvalue weighted by Gasteiger charge is -2.25. The molecule has 6 nitrogen and oxygen atoms in total. The number of benzene rings is 1. The van der Waals surface area contributed by atoms with Gasteiger partial charge < -0.3 is 5.32 Å². The number of aromatic nitrogens is 4. The lowest BCUT2D eigenvalue weighted by atomic mass is 9.94. The van der Waals surface area contributed by atoms with Crippen LogP contribution in [0.5, 0.6) is 0 Å². The lowest BCUT2D eigenvalue weighted by molar-refractivity contribution is -0.123. The van der Waals surface area contributed by atoms with E-state index in [1.807, 2.05) is 31.4 Å². The Balaban J connectivity index is 1.66. The van der Waals surface area contributed by atoms with Crippen LogP contribution in [-0.4, -0.2) is 38.9 Å². The predicted octanol–water partition coefficient (Wildman–Crippen LogP) is 1.36. The number of aryl methyl sites for hydroxylation is 1. The number of Topliss-reactive ketones (excluding diaryl/α,β-unsaturated/α-hetero) is 1. The van der Waals surface area contributed by atoms with Gasteiger partial charge in [-0.3, -0.25) is 9.78 Å². The summed E-state index contributed by atoms with van der Waals surface area (Å²) in [6.45, 7) is 1.59. The Labute approximate surface area is 133 Å². The molecule has 0 unspecified atom stereocenters. The first-order chi connectivity index (χ1) is 11.2. The minimum Gasteiger partial charge on any atom is -0.315 e. The Hall–Kier alpha value is -2.60. The molecular weight excluding hydrogens is 290 g/mol. The number of fused-ring (bicyclic) bond motifs is 1. The monoisotopic (exact) mass is 307 g/mol. The Morgan fingerprint density at radius 1 is 1.26 bits per heavy atom. The number of carbonyl (C=O) groups is 1. The lowest BCUT2D eigenvalue weighted by Crippen LogP contribution is -2.47. The minimum absolute atomic E-state index is 0.152. The molecule has 1 fully saturated rings. The third-order valence-corrected chi connectivity index (χ3v) is 4.38. The molecule has 0 atom stereocenters. The SMILES string of the molecule is Cn1nncc1-c1ccc2cnc(CC(=O)C3CNC3)cc2c1. The number of hydrogen-bond acceptors (Lipinski definition) is 5. The van der Waals surface area contributed by atoms with Gasteiger partial charge in [0.2, 0.25) is 0 Å². The molecule has 2 aromatic heterocycles. The van der Waals surface area contributed by atoms with Gasteiger partial charge in [0.25, 0.3) is 0 Å². The first kappa shape index (κ1) is 14.0. The van der Waals surface area contributed by atoms with Gasteiger partial charge >= 0.3 is 0 Å². The van der Waals surface area contributed by atoms with Gasteiger partial charge in [0.1, 0.15) is 5.78 Å². The summed E-state index contributed by atoms with van der Waals surface area (Å²) in [6.07, 6.45) is 3.98. The molecule has 0 radical (unpaired) electrons. The average Bonchev–Trinajstić information content (AvgIpc) is 2.91. The third-order valence-electron chi connectivity index (χ3n) is 4.38. The molecule has 4 rings (SSSR count). The molecule has 6 heteroatoms. The zero-order chi connectivity index (χ0) is 15.8. The number of pyridine rings is 1. The van der Waals surface area contributed by atoms with Crippen LogP contribution < -0.4 is 5.32 Å². The van der Waals surface area contributed by atoms with Gasteiger partial charge in [0, 0.05) is 55.3 Å². The van der Waals surface area contributed by atoms with Crippen molar-refractivity contribution < 1.29 is 4.79 Å². The van der Waals surface area contributed by atoms with E-state index in [0.29, 0.717) is 6.42 Å². The van der Waals surface area contributed by atoms with E-state index >= 15 is 0 Å². The maximum absolute atomic E-state index is 12.1. The quantitative estimate of drug-likeness (QED) is 0.788. The first-order valence-corrected chi connectivity index (χ1v) is 7.68. The van der Waals surface area contributed by atoms with Gasteiger partial charge in [0.05, 0.1) is 11.9 Å². The molecule has 3 heterocycles. The molecule has 1 aliphatic heterocycles. The summed E-state index contributed by atoms with van der Waals surface area (Å²) in [7, 11) is 1.87. The van der Waals surface area contributed by atoms with Crippen LogP contribution in [0.2, 0.25) is 0 Å². The van der Waals surface area contributed by atoms with Crippen LogP contribution in [0, 0.1) is 5.92 Å². The highest BCUT2D eigenvalue weighted by atomic mass is 16.1. The Morgan fingerprint density at radius 3 is 2.83 bits per heavy atom. The van der Waals surface area contributed by atoms with E-state index in [1.54, 1.807) is 10.9 Å². The van der Waals surface area contributed by atoms with Gasteiger partial charge in [0.15, 0.2) is 0 Å². The van der Waals surface area contributed by atoms with E-state index in [9.17, 15) is 4.79 Å². The first-order valence-electron chi connectivity index (χ1n) is 7.68. The van der Waals surface area contributed by atoms with Crippen LogP contribution >= 0.6 is 0 Å². The number of nitrogens with one attached hydrogen (secondary N) is 1. The van der Waals surface area contributed by atoms with Crippen LogP contribution in [0.1, 0.15) is 5.69 Å². The summed E-state index contributed by atoms with van der Waals surface area (Å²) in [4.78, 5) is 16.6. The molecule has 1 saturated heterocycles. The topological polar surface area (TPSA) is 72.7 Å². The minimum atomic E-state index is 0.152. The summed E-state index contributed by atoms with van der Waals surface area (Å²) in [5.41, 5.74) is 2.84. The van der Waals surface area contributed by atoms with Gasteiger partial charge in [-0.2, -0.15) is 0 Å². The predicted molar refractivity (Wildman–Crippen MR) is 86.8 cm³/mol. The van der Waals surface area contributed by atoms with Gasteiger partial charge in [-0.05, 0) is 17.5 Å². The summed E-state index contributed by atoms with van der Waals surface area (Å²) >= 11 is 0. The zero-order valence-corrected chi connectivity index (χ0v) is 12.9. The molecule has 116 valence electrons. The highest BCUT2D eigenvalue weighted by Gasteiger charge is 2.24. The maximum atomic E-state index is 12.1. The molecule has 0 spiro atoms. The second kappa shape index (κ2) is 5.55. The second-order valence-electron chi connectivity index (χ2n) is 5.98. The summed E-state index contributed by atoms with van der Waals surface area (Å²) < 4.78 is 1.75. The van der Waals surface area contributed by atoms with E-state index in [4.69, 9.17) is 0 Å². The smallest absolute Gasteiger partial charge is 0.144 e. The van der Waals surface area contributed by atoms with E-state index in [1.165, 1.54) is 0 Å². The summed E-state index contributed by atoms with van der Waals surface area (Å²) in [5.74, 6) is 0.418. The summed E-state index contributed by atoms with van der Waals surface area (Å²) in [6, 6.07) is 8.17. The van der Waals surface area contributed by atoms with Gasteiger partial charge in [-0.25, -0.2) is 4.68 Å². The van der Waals surface area contributed by atoms with Crippen molar-refractivity contribution in [2.24, 2.45) is 13.0 Å². The fraction of sp³-hybridized carbons (Fsp3) is 0.294. The summed E-state index contributed by atoms with van der Waals surface area (Å²) in [5, 5.41) is 13.2. The third kappa shape index (κ3) is 2.61. The van der Waals surface area contributed by atoms with Crippen molar-refractivity contribution in [3.8, 4) is 11.3 Å². The van der Waals surface area contributed by atoms with Crippen molar-refractivity contribution in [1.29, 1.82) is 0 Å². The Morgan fingerprint density at radius 2 is 2.13 bits per heavy atom. The largest absolute Gasteiger partial charge is 0.315 e. The molecule has 1 aromatic carbocycles. The van der Waals surface area contributed by atoms with Crippen LogP contribution in [0.15, 0.2) is 36.7 Å². The van der Waals surface area contributed by atoms with Gasteiger partial charge in [-0.15, -0.1) is 5.10 Å². The highest BCUT2D eigenvalue weighted by molar-refractivity contribution is 5.88. The molecule has 0 saturated carbocycles. The van der Waals surface area contributed by atoms with E-state index < -0.39 is 0 Å². The van der Waals surface area contributed by atoms with Crippen molar-refractivity contribution in [3.05, 3.63) is 42.4 Å². The second-order valence-corrected chi connectivity index (χ2v) is 5.98. The van der Waals surface area contributed by atoms with Crippen molar-refractivity contribution in [2.75, 3.05) is 13.1 Å². The van der Waals surface area contributed by atoms with Crippen molar-refractivity contribution in [1.82, 2.24) is 25.3 Å². The molecular formula is C17H17N5O. The Bertz CT molecular complexity index is 882. The van der Waals surface area contributed by atoms with E-state index in [-0.39, 0.29) is 11.7 Å². The van der Waals surface area contributed by atoms with Crippen molar-refractivity contribution in [3.63, 3.8) is 0 Å². The zero-order valence-electron chi connectivity index (χ0n) is 12.9. The van der Waals surface area contributed by atoms with E-state index in [0.717, 1.165) is 40.8 Å². The highest BCUT2D eigenvalue weighted by Crippen LogP contribution is 2.24.